The third-order valence-corrected chi connectivity index (χ3v) is 3.85. The normalized spacial score (nSPS) is 36.5. The first-order valence-electron chi connectivity index (χ1n) is 5.38. The maximum atomic E-state index is 6.21. The molecule has 3 rings (SSSR count). The Balaban J connectivity index is 1.75. The molecule has 0 radical (unpaired) electrons. The van der Waals surface area contributed by atoms with Gasteiger partial charge >= 0.3 is 0 Å². The average molecular weight is 189 g/mol. The van der Waals surface area contributed by atoms with E-state index in [1.54, 1.807) is 6.33 Å². The van der Waals surface area contributed by atoms with Gasteiger partial charge in [0.15, 0.2) is 0 Å². The Labute approximate surface area is 83.8 Å². The molecule has 1 aromatic rings. The first-order valence-corrected chi connectivity index (χ1v) is 5.38. The van der Waals surface area contributed by atoms with Crippen LogP contribution in [0, 0.1) is 17.8 Å². The predicted octanol–water partition coefficient (Wildman–Crippen LogP) is 1.52. The standard InChI is InChI=1S/C11H15N3/c12-11(7-4-13-6-14-5-7)10-8-2-1-3-9(8)10/h4-6,8-11H,1-3,12H2. The molecule has 3 atom stereocenters. The number of rotatable bonds is 2. The Hall–Kier alpha value is -0.960. The molecule has 3 nitrogen and oxygen atoms in total. The van der Waals surface area contributed by atoms with E-state index in [1.807, 2.05) is 12.4 Å². The van der Waals surface area contributed by atoms with Crippen molar-refractivity contribution in [3.8, 4) is 0 Å². The van der Waals surface area contributed by atoms with Gasteiger partial charge in [-0.2, -0.15) is 0 Å². The molecule has 0 aliphatic heterocycles. The maximum Gasteiger partial charge on any atom is 0.115 e. The van der Waals surface area contributed by atoms with Crippen LogP contribution in [0.4, 0.5) is 0 Å². The zero-order valence-corrected chi connectivity index (χ0v) is 8.13. The molecule has 0 amide bonds. The maximum absolute atomic E-state index is 6.21. The highest BCUT2D eigenvalue weighted by atomic mass is 14.8. The van der Waals surface area contributed by atoms with Crippen LogP contribution >= 0.6 is 0 Å². The monoisotopic (exact) mass is 189 g/mol. The van der Waals surface area contributed by atoms with Gasteiger partial charge in [0.05, 0.1) is 0 Å². The third kappa shape index (κ3) is 1.16. The summed E-state index contributed by atoms with van der Waals surface area (Å²) in [5.74, 6) is 2.53. The summed E-state index contributed by atoms with van der Waals surface area (Å²) in [5, 5.41) is 0. The largest absolute Gasteiger partial charge is 0.324 e. The minimum atomic E-state index is 0.173. The van der Waals surface area contributed by atoms with Crippen molar-refractivity contribution in [2.75, 3.05) is 0 Å². The molecule has 2 saturated carbocycles. The van der Waals surface area contributed by atoms with Gasteiger partial charge < -0.3 is 5.73 Å². The van der Waals surface area contributed by atoms with Crippen LogP contribution in [-0.4, -0.2) is 9.97 Å². The number of fused-ring (bicyclic) bond motifs is 1. The number of hydrogen-bond acceptors (Lipinski definition) is 3. The second kappa shape index (κ2) is 3.02. The summed E-state index contributed by atoms with van der Waals surface area (Å²) in [4.78, 5) is 8.04. The first-order chi connectivity index (χ1) is 6.88. The molecule has 2 fully saturated rings. The summed E-state index contributed by atoms with van der Waals surface area (Å²) >= 11 is 0. The molecule has 74 valence electrons. The van der Waals surface area contributed by atoms with E-state index >= 15 is 0 Å². The summed E-state index contributed by atoms with van der Waals surface area (Å²) < 4.78 is 0. The molecular weight excluding hydrogens is 174 g/mol. The van der Waals surface area contributed by atoms with Crippen molar-refractivity contribution in [3.05, 3.63) is 24.3 Å². The first kappa shape index (κ1) is 8.36. The van der Waals surface area contributed by atoms with Crippen molar-refractivity contribution in [2.45, 2.75) is 25.3 Å². The van der Waals surface area contributed by atoms with Gasteiger partial charge in [-0.3, -0.25) is 0 Å². The van der Waals surface area contributed by atoms with Crippen molar-refractivity contribution in [1.29, 1.82) is 0 Å². The Kier molecular flexibility index (Phi) is 1.80. The Morgan fingerprint density at radius 1 is 1.21 bits per heavy atom. The van der Waals surface area contributed by atoms with Crippen molar-refractivity contribution in [1.82, 2.24) is 9.97 Å². The zero-order chi connectivity index (χ0) is 9.54. The summed E-state index contributed by atoms with van der Waals surface area (Å²) in [6.07, 6.45) is 9.44. The summed E-state index contributed by atoms with van der Waals surface area (Å²) in [5.41, 5.74) is 7.31. The average Bonchev–Trinajstić information content (AvgIpc) is 2.72. The smallest absolute Gasteiger partial charge is 0.115 e. The number of aromatic nitrogens is 2. The fourth-order valence-electron chi connectivity index (χ4n) is 3.11. The van der Waals surface area contributed by atoms with Crippen molar-refractivity contribution in [2.24, 2.45) is 23.5 Å². The predicted molar refractivity (Wildman–Crippen MR) is 53.3 cm³/mol. The SMILES string of the molecule is NC(c1cncnc1)C1C2CCCC21. The Morgan fingerprint density at radius 3 is 2.50 bits per heavy atom. The fourth-order valence-corrected chi connectivity index (χ4v) is 3.11. The van der Waals surface area contributed by atoms with Gasteiger partial charge in [-0.05, 0) is 30.6 Å². The number of nitrogens with two attached hydrogens (primary N) is 1. The van der Waals surface area contributed by atoms with Gasteiger partial charge in [0.1, 0.15) is 6.33 Å². The molecule has 0 bridgehead atoms. The number of hydrogen-bond donors (Lipinski definition) is 1. The highest BCUT2D eigenvalue weighted by Gasteiger charge is 2.55. The molecule has 2 N–H and O–H groups in total. The van der Waals surface area contributed by atoms with Gasteiger partial charge in [-0.25, -0.2) is 9.97 Å². The van der Waals surface area contributed by atoms with Crippen LogP contribution in [0.5, 0.6) is 0 Å². The molecule has 2 aliphatic carbocycles. The van der Waals surface area contributed by atoms with E-state index in [-0.39, 0.29) is 6.04 Å². The fraction of sp³-hybridized carbons (Fsp3) is 0.636. The second-order valence-corrected chi connectivity index (χ2v) is 4.53. The number of nitrogens with zero attached hydrogens (tertiary/aromatic N) is 2. The Morgan fingerprint density at radius 2 is 1.86 bits per heavy atom. The van der Waals surface area contributed by atoms with E-state index in [4.69, 9.17) is 5.73 Å². The molecule has 3 heteroatoms. The van der Waals surface area contributed by atoms with E-state index < -0.39 is 0 Å². The van der Waals surface area contributed by atoms with Crippen LogP contribution in [0.1, 0.15) is 30.9 Å². The van der Waals surface area contributed by atoms with Crippen LogP contribution in [0.2, 0.25) is 0 Å². The van der Waals surface area contributed by atoms with Gasteiger partial charge in [0.2, 0.25) is 0 Å². The lowest BCUT2D eigenvalue weighted by Crippen LogP contribution is -2.15. The lowest BCUT2D eigenvalue weighted by Gasteiger charge is -2.12. The molecular formula is C11H15N3. The van der Waals surface area contributed by atoms with Gasteiger partial charge in [0, 0.05) is 24.0 Å². The van der Waals surface area contributed by atoms with Crippen molar-refractivity contribution in [3.63, 3.8) is 0 Å². The molecule has 2 aliphatic rings. The van der Waals surface area contributed by atoms with Crippen LogP contribution in [0.25, 0.3) is 0 Å². The molecule has 14 heavy (non-hydrogen) atoms. The van der Waals surface area contributed by atoms with E-state index in [9.17, 15) is 0 Å². The zero-order valence-electron chi connectivity index (χ0n) is 8.13. The van der Waals surface area contributed by atoms with Crippen LogP contribution < -0.4 is 5.73 Å². The summed E-state index contributed by atoms with van der Waals surface area (Å²) in [6, 6.07) is 0.173. The minimum Gasteiger partial charge on any atom is -0.324 e. The van der Waals surface area contributed by atoms with Gasteiger partial charge in [0.25, 0.3) is 0 Å². The van der Waals surface area contributed by atoms with E-state index in [0.29, 0.717) is 0 Å². The minimum absolute atomic E-state index is 0.173. The second-order valence-electron chi connectivity index (χ2n) is 4.53. The highest BCUT2D eigenvalue weighted by molar-refractivity contribution is 5.17. The molecule has 0 saturated heterocycles. The molecule has 0 aromatic carbocycles. The lowest BCUT2D eigenvalue weighted by atomic mass is 10.0. The van der Waals surface area contributed by atoms with Crippen LogP contribution in [0.15, 0.2) is 18.7 Å². The summed E-state index contributed by atoms with van der Waals surface area (Å²) in [7, 11) is 0. The van der Waals surface area contributed by atoms with Gasteiger partial charge in [-0.1, -0.05) is 6.42 Å². The van der Waals surface area contributed by atoms with Crippen LogP contribution in [-0.2, 0) is 0 Å². The molecule has 0 spiro atoms. The van der Waals surface area contributed by atoms with E-state index in [0.717, 1.165) is 23.3 Å². The molecule has 1 heterocycles. The summed E-state index contributed by atoms with van der Waals surface area (Å²) in [6.45, 7) is 0. The highest BCUT2D eigenvalue weighted by Crippen LogP contribution is 2.61. The lowest BCUT2D eigenvalue weighted by molar-refractivity contribution is 0.499. The van der Waals surface area contributed by atoms with Crippen LogP contribution in [0.3, 0.4) is 0 Å². The van der Waals surface area contributed by atoms with E-state index in [1.165, 1.54) is 19.3 Å². The topological polar surface area (TPSA) is 51.8 Å². The third-order valence-electron chi connectivity index (χ3n) is 3.85. The Bertz CT molecular complexity index is 315. The molecule has 1 aromatic heterocycles. The van der Waals surface area contributed by atoms with E-state index in [2.05, 4.69) is 9.97 Å². The quantitative estimate of drug-likeness (QED) is 0.767. The molecule has 3 unspecified atom stereocenters. The van der Waals surface area contributed by atoms with Crippen molar-refractivity contribution < 1.29 is 0 Å². The van der Waals surface area contributed by atoms with Crippen molar-refractivity contribution >= 4 is 0 Å². The van der Waals surface area contributed by atoms with Gasteiger partial charge in [-0.15, -0.1) is 0 Å².